The highest BCUT2D eigenvalue weighted by Gasteiger charge is 2.21. The van der Waals surface area contributed by atoms with Crippen LogP contribution in [0.3, 0.4) is 0 Å². The third-order valence-corrected chi connectivity index (χ3v) is 5.21. The number of anilines is 1. The zero-order valence-corrected chi connectivity index (χ0v) is 13.7. The first-order valence-electron chi connectivity index (χ1n) is 7.60. The van der Waals surface area contributed by atoms with Crippen molar-refractivity contribution in [3.63, 3.8) is 0 Å². The molecular weight excluding hydrogens is 310 g/mol. The number of nitrogens with zero attached hydrogens (tertiary/aromatic N) is 2. The lowest BCUT2D eigenvalue weighted by atomic mass is 9.96. The second kappa shape index (κ2) is 6.39. The largest absolute Gasteiger partial charge is 0.315 e. The van der Waals surface area contributed by atoms with Gasteiger partial charge in [-0.25, -0.2) is 0 Å². The molecule has 1 amide bonds. The lowest BCUT2D eigenvalue weighted by Crippen LogP contribution is -2.26. The number of carbonyl (C=O) groups excluding carboxylic acids is 1. The molecule has 0 radical (unpaired) electrons. The molecule has 5 nitrogen and oxygen atoms in total. The Bertz CT molecular complexity index is 858. The second-order valence-electron chi connectivity index (χ2n) is 5.75. The van der Waals surface area contributed by atoms with Crippen molar-refractivity contribution in [2.24, 2.45) is 0 Å². The number of aromatic nitrogens is 1. The molecule has 2 heterocycles. The van der Waals surface area contributed by atoms with Gasteiger partial charge in [0.15, 0.2) is 0 Å². The van der Waals surface area contributed by atoms with Gasteiger partial charge in [0.1, 0.15) is 17.6 Å². The van der Waals surface area contributed by atoms with Gasteiger partial charge in [-0.3, -0.25) is 9.59 Å². The van der Waals surface area contributed by atoms with Crippen molar-refractivity contribution in [1.82, 2.24) is 4.57 Å². The zero-order valence-electron chi connectivity index (χ0n) is 12.9. The third kappa shape index (κ3) is 3.20. The fraction of sp³-hybridized carbons (Fsp3) is 0.353. The third-order valence-electron chi connectivity index (χ3n) is 4.00. The number of pyridine rings is 1. The van der Waals surface area contributed by atoms with Gasteiger partial charge in [0, 0.05) is 17.1 Å². The molecule has 2 aromatic heterocycles. The van der Waals surface area contributed by atoms with Crippen molar-refractivity contribution in [1.29, 1.82) is 5.26 Å². The summed E-state index contributed by atoms with van der Waals surface area (Å²) >= 11 is 1.49. The normalized spacial score (nSPS) is 13.2. The summed E-state index contributed by atoms with van der Waals surface area (Å²) in [6, 6.07) is 5.51. The number of nitrogens with one attached hydrogen (secondary N) is 1. The number of aryl methyl sites for hydroxylation is 2. The average molecular weight is 327 g/mol. The number of hydrogen-bond donors (Lipinski definition) is 1. The second-order valence-corrected chi connectivity index (χ2v) is 6.85. The fourth-order valence-electron chi connectivity index (χ4n) is 2.83. The van der Waals surface area contributed by atoms with Crippen LogP contribution in [-0.4, -0.2) is 10.5 Å². The SMILES string of the molecule is Cc1ccn(CC(=O)Nc2sc3c(c2C#N)CCCC3)c(=O)c1. The lowest BCUT2D eigenvalue weighted by molar-refractivity contribution is -0.116. The van der Waals surface area contributed by atoms with Crippen LogP contribution in [0.4, 0.5) is 5.00 Å². The van der Waals surface area contributed by atoms with E-state index in [0.717, 1.165) is 36.8 Å². The van der Waals surface area contributed by atoms with Gasteiger partial charge >= 0.3 is 0 Å². The molecule has 6 heteroatoms. The molecule has 118 valence electrons. The number of amides is 1. The Labute approximate surface area is 138 Å². The predicted octanol–water partition coefficient (Wildman–Crippen LogP) is 2.61. The fourth-order valence-corrected chi connectivity index (χ4v) is 4.09. The molecule has 3 rings (SSSR count). The van der Waals surface area contributed by atoms with E-state index in [1.54, 1.807) is 12.3 Å². The van der Waals surface area contributed by atoms with Gasteiger partial charge < -0.3 is 9.88 Å². The standard InChI is InChI=1S/C17H17N3O2S/c1-11-6-7-20(16(22)8-11)10-15(21)19-17-13(9-18)12-4-2-3-5-14(12)23-17/h6-8H,2-5,10H2,1H3,(H,19,21). The number of carbonyl (C=O) groups is 1. The first kappa shape index (κ1) is 15.5. The van der Waals surface area contributed by atoms with E-state index < -0.39 is 0 Å². The quantitative estimate of drug-likeness (QED) is 0.941. The zero-order chi connectivity index (χ0) is 16.4. The molecule has 1 aliphatic carbocycles. The van der Waals surface area contributed by atoms with E-state index in [9.17, 15) is 14.9 Å². The van der Waals surface area contributed by atoms with Crippen LogP contribution in [0.25, 0.3) is 0 Å². The molecule has 1 N–H and O–H groups in total. The summed E-state index contributed by atoms with van der Waals surface area (Å²) in [5.41, 5.74) is 2.34. The molecule has 0 unspecified atom stereocenters. The van der Waals surface area contributed by atoms with Crippen LogP contribution in [0.2, 0.25) is 0 Å². The maximum Gasteiger partial charge on any atom is 0.251 e. The van der Waals surface area contributed by atoms with Crippen LogP contribution in [0, 0.1) is 18.3 Å². The number of thiophene rings is 1. The maximum atomic E-state index is 12.2. The summed E-state index contributed by atoms with van der Waals surface area (Å²) in [5, 5.41) is 12.8. The minimum Gasteiger partial charge on any atom is -0.315 e. The molecule has 0 atom stereocenters. The van der Waals surface area contributed by atoms with E-state index in [-0.39, 0.29) is 18.0 Å². The summed E-state index contributed by atoms with van der Waals surface area (Å²) in [6.45, 7) is 1.79. The minimum absolute atomic E-state index is 0.0491. The van der Waals surface area contributed by atoms with Crippen molar-refractivity contribution < 1.29 is 4.79 Å². The maximum absolute atomic E-state index is 12.2. The molecule has 2 aromatic rings. The van der Waals surface area contributed by atoms with Gasteiger partial charge in [0.25, 0.3) is 5.56 Å². The summed E-state index contributed by atoms with van der Waals surface area (Å²) in [4.78, 5) is 25.3. The number of fused-ring (bicyclic) bond motifs is 1. The molecule has 1 aliphatic rings. The van der Waals surface area contributed by atoms with Crippen LogP contribution in [0.15, 0.2) is 23.1 Å². The van der Waals surface area contributed by atoms with Gasteiger partial charge in [0.05, 0.1) is 5.56 Å². The Morgan fingerprint density at radius 2 is 2.22 bits per heavy atom. The highest BCUT2D eigenvalue weighted by Crippen LogP contribution is 2.37. The molecule has 0 spiro atoms. The van der Waals surface area contributed by atoms with Gasteiger partial charge in [0.2, 0.25) is 5.91 Å². The Balaban J connectivity index is 1.79. The van der Waals surface area contributed by atoms with Crippen LogP contribution in [0.1, 0.15) is 34.4 Å². The first-order valence-corrected chi connectivity index (χ1v) is 8.41. The number of rotatable bonds is 3. The Morgan fingerprint density at radius 3 is 2.96 bits per heavy atom. The van der Waals surface area contributed by atoms with Crippen LogP contribution in [0.5, 0.6) is 0 Å². The van der Waals surface area contributed by atoms with Gasteiger partial charge in [-0.15, -0.1) is 11.3 Å². The van der Waals surface area contributed by atoms with Gasteiger partial charge in [-0.05, 0) is 49.8 Å². The molecule has 0 aromatic carbocycles. The minimum atomic E-state index is -0.286. The highest BCUT2D eigenvalue weighted by molar-refractivity contribution is 7.16. The van der Waals surface area contributed by atoms with E-state index in [1.807, 2.05) is 6.92 Å². The number of nitriles is 1. The molecular formula is C17H17N3O2S. The predicted molar refractivity (Wildman–Crippen MR) is 89.7 cm³/mol. The first-order chi connectivity index (χ1) is 11.1. The van der Waals surface area contributed by atoms with Crippen LogP contribution < -0.4 is 10.9 Å². The van der Waals surface area contributed by atoms with E-state index in [4.69, 9.17) is 0 Å². The van der Waals surface area contributed by atoms with E-state index in [1.165, 1.54) is 26.8 Å². The monoisotopic (exact) mass is 327 g/mol. The summed E-state index contributed by atoms with van der Waals surface area (Å²) < 4.78 is 1.36. The van der Waals surface area contributed by atoms with Crippen molar-refractivity contribution in [3.8, 4) is 6.07 Å². The van der Waals surface area contributed by atoms with E-state index >= 15 is 0 Å². The van der Waals surface area contributed by atoms with Gasteiger partial charge in [-0.2, -0.15) is 5.26 Å². The highest BCUT2D eigenvalue weighted by atomic mass is 32.1. The topological polar surface area (TPSA) is 74.9 Å². The van der Waals surface area contributed by atoms with Crippen molar-refractivity contribution in [2.75, 3.05) is 5.32 Å². The molecule has 0 saturated heterocycles. The Kier molecular flexibility index (Phi) is 4.30. The van der Waals surface area contributed by atoms with E-state index in [0.29, 0.717) is 10.6 Å². The molecule has 0 aliphatic heterocycles. The molecule has 0 bridgehead atoms. The number of hydrogen-bond acceptors (Lipinski definition) is 4. The molecule has 0 fully saturated rings. The van der Waals surface area contributed by atoms with Crippen LogP contribution in [-0.2, 0) is 24.2 Å². The van der Waals surface area contributed by atoms with Gasteiger partial charge in [-0.1, -0.05) is 0 Å². The van der Waals surface area contributed by atoms with Crippen molar-refractivity contribution in [3.05, 3.63) is 50.3 Å². The Morgan fingerprint density at radius 1 is 1.43 bits per heavy atom. The molecule has 23 heavy (non-hydrogen) atoms. The summed E-state index contributed by atoms with van der Waals surface area (Å²) in [7, 11) is 0. The molecule has 0 saturated carbocycles. The van der Waals surface area contributed by atoms with E-state index in [2.05, 4.69) is 11.4 Å². The van der Waals surface area contributed by atoms with Crippen LogP contribution >= 0.6 is 11.3 Å². The Hall–Kier alpha value is -2.39. The summed E-state index contributed by atoms with van der Waals surface area (Å²) in [6.07, 6.45) is 5.71. The van der Waals surface area contributed by atoms with Crippen molar-refractivity contribution >= 4 is 22.2 Å². The van der Waals surface area contributed by atoms with Crippen molar-refractivity contribution in [2.45, 2.75) is 39.2 Å². The lowest BCUT2D eigenvalue weighted by Gasteiger charge is -2.09. The average Bonchev–Trinajstić information content (AvgIpc) is 2.87. The summed E-state index contributed by atoms with van der Waals surface area (Å²) in [5.74, 6) is -0.286. The smallest absolute Gasteiger partial charge is 0.251 e.